The van der Waals surface area contributed by atoms with Crippen molar-refractivity contribution < 1.29 is 4.42 Å². The summed E-state index contributed by atoms with van der Waals surface area (Å²) >= 11 is 0. The Kier molecular flexibility index (Phi) is 3.59. The van der Waals surface area contributed by atoms with Crippen LogP contribution >= 0.6 is 0 Å². The Morgan fingerprint density at radius 2 is 2.24 bits per heavy atom. The molecule has 2 rings (SSSR count). The van der Waals surface area contributed by atoms with Crippen LogP contribution in [0.15, 0.2) is 23.0 Å². The molecule has 1 aliphatic rings. The van der Waals surface area contributed by atoms with Crippen LogP contribution in [0.3, 0.4) is 0 Å². The SMILES string of the molecule is CC1CNC(C(C)(C)C)CN1Cc1ccoc1. The second-order valence-corrected chi connectivity index (χ2v) is 6.24. The lowest BCUT2D eigenvalue weighted by Gasteiger charge is -2.43. The zero-order valence-corrected chi connectivity index (χ0v) is 11.4. The van der Waals surface area contributed by atoms with Crippen molar-refractivity contribution in [1.82, 2.24) is 10.2 Å². The van der Waals surface area contributed by atoms with Crippen molar-refractivity contribution in [2.75, 3.05) is 13.1 Å². The predicted octanol–water partition coefficient (Wildman–Crippen LogP) is 2.49. The van der Waals surface area contributed by atoms with E-state index >= 15 is 0 Å². The van der Waals surface area contributed by atoms with E-state index in [4.69, 9.17) is 4.42 Å². The number of piperazine rings is 1. The largest absolute Gasteiger partial charge is 0.472 e. The van der Waals surface area contributed by atoms with Crippen LogP contribution in [0.1, 0.15) is 33.3 Å². The van der Waals surface area contributed by atoms with E-state index in [0.29, 0.717) is 17.5 Å². The van der Waals surface area contributed by atoms with E-state index in [9.17, 15) is 0 Å². The molecule has 1 aromatic heterocycles. The minimum atomic E-state index is 0.314. The van der Waals surface area contributed by atoms with Gasteiger partial charge < -0.3 is 9.73 Å². The van der Waals surface area contributed by atoms with Gasteiger partial charge >= 0.3 is 0 Å². The van der Waals surface area contributed by atoms with Crippen molar-refractivity contribution >= 4 is 0 Å². The van der Waals surface area contributed by atoms with Gasteiger partial charge in [-0.15, -0.1) is 0 Å². The molecule has 3 nitrogen and oxygen atoms in total. The van der Waals surface area contributed by atoms with Crippen molar-refractivity contribution in [1.29, 1.82) is 0 Å². The van der Waals surface area contributed by atoms with E-state index in [2.05, 4.69) is 44.0 Å². The van der Waals surface area contributed by atoms with Crippen molar-refractivity contribution in [3.05, 3.63) is 24.2 Å². The van der Waals surface area contributed by atoms with Crippen LogP contribution in [0.4, 0.5) is 0 Å². The first-order chi connectivity index (χ1) is 7.97. The lowest BCUT2D eigenvalue weighted by atomic mass is 9.84. The molecule has 3 heteroatoms. The summed E-state index contributed by atoms with van der Waals surface area (Å²) < 4.78 is 5.14. The minimum Gasteiger partial charge on any atom is -0.472 e. The van der Waals surface area contributed by atoms with E-state index in [-0.39, 0.29) is 0 Å². The first-order valence-corrected chi connectivity index (χ1v) is 6.45. The Balaban J connectivity index is 2.00. The number of nitrogens with one attached hydrogen (secondary N) is 1. The number of hydrogen-bond donors (Lipinski definition) is 1. The molecular weight excluding hydrogens is 212 g/mol. The third-order valence-electron chi connectivity index (χ3n) is 3.71. The average Bonchev–Trinajstić information content (AvgIpc) is 2.72. The maximum absolute atomic E-state index is 5.14. The molecule has 17 heavy (non-hydrogen) atoms. The second kappa shape index (κ2) is 4.83. The van der Waals surface area contributed by atoms with Gasteiger partial charge in [-0.05, 0) is 18.4 Å². The molecule has 96 valence electrons. The standard InChI is InChI=1S/C14H24N2O/c1-11-7-15-13(14(2,3)4)9-16(11)8-12-5-6-17-10-12/h5-6,10-11,13,15H,7-9H2,1-4H3. The van der Waals surface area contributed by atoms with Gasteiger partial charge in [-0.1, -0.05) is 20.8 Å². The molecule has 0 bridgehead atoms. The fraction of sp³-hybridized carbons (Fsp3) is 0.714. The molecule has 1 fully saturated rings. The summed E-state index contributed by atoms with van der Waals surface area (Å²) in [5, 5.41) is 3.65. The summed E-state index contributed by atoms with van der Waals surface area (Å²) in [6.07, 6.45) is 3.60. The van der Waals surface area contributed by atoms with Crippen molar-refractivity contribution in [2.45, 2.75) is 46.3 Å². The van der Waals surface area contributed by atoms with E-state index in [1.807, 2.05) is 6.26 Å². The molecule has 0 saturated carbocycles. The lowest BCUT2D eigenvalue weighted by Crippen LogP contribution is -2.59. The molecule has 1 aliphatic heterocycles. The maximum Gasteiger partial charge on any atom is 0.0947 e. The normalized spacial score (nSPS) is 27.3. The molecule has 2 unspecified atom stereocenters. The van der Waals surface area contributed by atoms with Crippen LogP contribution in [-0.2, 0) is 6.54 Å². The quantitative estimate of drug-likeness (QED) is 0.855. The Hall–Kier alpha value is -0.800. The van der Waals surface area contributed by atoms with Gasteiger partial charge in [0.05, 0.1) is 12.5 Å². The predicted molar refractivity (Wildman–Crippen MR) is 69.8 cm³/mol. The molecule has 1 saturated heterocycles. The van der Waals surface area contributed by atoms with Gasteiger partial charge in [-0.3, -0.25) is 4.90 Å². The van der Waals surface area contributed by atoms with Gasteiger partial charge in [0, 0.05) is 37.3 Å². The number of furan rings is 1. The average molecular weight is 236 g/mol. The zero-order chi connectivity index (χ0) is 12.5. The number of rotatable bonds is 2. The first-order valence-electron chi connectivity index (χ1n) is 6.45. The Morgan fingerprint density at radius 1 is 1.47 bits per heavy atom. The first kappa shape index (κ1) is 12.7. The highest BCUT2D eigenvalue weighted by Crippen LogP contribution is 2.24. The smallest absolute Gasteiger partial charge is 0.0947 e. The van der Waals surface area contributed by atoms with E-state index < -0.39 is 0 Å². The summed E-state index contributed by atoms with van der Waals surface area (Å²) in [5.41, 5.74) is 1.58. The van der Waals surface area contributed by atoms with Crippen LogP contribution in [0.5, 0.6) is 0 Å². The van der Waals surface area contributed by atoms with Crippen LogP contribution in [-0.4, -0.2) is 30.1 Å². The number of nitrogens with zero attached hydrogens (tertiary/aromatic N) is 1. The summed E-state index contributed by atoms with van der Waals surface area (Å²) in [6.45, 7) is 12.4. The highest BCUT2D eigenvalue weighted by Gasteiger charge is 2.32. The topological polar surface area (TPSA) is 28.4 Å². The molecule has 0 spiro atoms. The lowest BCUT2D eigenvalue weighted by molar-refractivity contribution is 0.0876. The zero-order valence-electron chi connectivity index (χ0n) is 11.4. The molecule has 2 atom stereocenters. The van der Waals surface area contributed by atoms with Gasteiger partial charge in [-0.25, -0.2) is 0 Å². The van der Waals surface area contributed by atoms with Crippen LogP contribution in [0.25, 0.3) is 0 Å². The van der Waals surface area contributed by atoms with Gasteiger partial charge in [-0.2, -0.15) is 0 Å². The Bertz CT molecular complexity index is 340. The molecular formula is C14H24N2O. The molecule has 1 aromatic rings. The van der Waals surface area contributed by atoms with Crippen molar-refractivity contribution in [3.8, 4) is 0 Å². The Labute approximate surface area is 104 Å². The molecule has 0 aliphatic carbocycles. The highest BCUT2D eigenvalue weighted by atomic mass is 16.3. The van der Waals surface area contributed by atoms with Gasteiger partial charge in [0.1, 0.15) is 0 Å². The highest BCUT2D eigenvalue weighted by molar-refractivity contribution is 5.06. The van der Waals surface area contributed by atoms with Gasteiger partial charge in [0.2, 0.25) is 0 Å². The fourth-order valence-electron chi connectivity index (χ4n) is 2.34. The molecule has 2 heterocycles. The third-order valence-corrected chi connectivity index (χ3v) is 3.71. The molecule has 0 radical (unpaired) electrons. The summed E-state index contributed by atoms with van der Waals surface area (Å²) in [7, 11) is 0. The summed E-state index contributed by atoms with van der Waals surface area (Å²) in [6, 6.07) is 3.20. The number of hydrogen-bond acceptors (Lipinski definition) is 3. The minimum absolute atomic E-state index is 0.314. The van der Waals surface area contributed by atoms with Gasteiger partial charge in [0.25, 0.3) is 0 Å². The summed E-state index contributed by atoms with van der Waals surface area (Å²) in [5.74, 6) is 0. The van der Waals surface area contributed by atoms with Crippen molar-refractivity contribution in [2.24, 2.45) is 5.41 Å². The molecule has 0 aromatic carbocycles. The van der Waals surface area contributed by atoms with Crippen molar-refractivity contribution in [3.63, 3.8) is 0 Å². The van der Waals surface area contributed by atoms with E-state index in [0.717, 1.165) is 19.6 Å². The van der Waals surface area contributed by atoms with Crippen LogP contribution in [0.2, 0.25) is 0 Å². The summed E-state index contributed by atoms with van der Waals surface area (Å²) in [4.78, 5) is 2.54. The van der Waals surface area contributed by atoms with Crippen LogP contribution in [0, 0.1) is 5.41 Å². The molecule has 0 amide bonds. The monoisotopic (exact) mass is 236 g/mol. The van der Waals surface area contributed by atoms with E-state index in [1.54, 1.807) is 6.26 Å². The maximum atomic E-state index is 5.14. The van der Waals surface area contributed by atoms with E-state index in [1.165, 1.54) is 5.56 Å². The second-order valence-electron chi connectivity index (χ2n) is 6.24. The van der Waals surface area contributed by atoms with Gasteiger partial charge in [0.15, 0.2) is 0 Å². The third kappa shape index (κ3) is 3.11. The molecule has 1 N–H and O–H groups in total. The van der Waals surface area contributed by atoms with Crippen LogP contribution < -0.4 is 5.32 Å². The Morgan fingerprint density at radius 3 is 2.82 bits per heavy atom. The fourth-order valence-corrected chi connectivity index (χ4v) is 2.34.